The van der Waals surface area contributed by atoms with Crippen molar-refractivity contribution in [2.45, 2.75) is 200 Å². The lowest BCUT2D eigenvalue weighted by atomic mass is 9.85. The quantitative estimate of drug-likeness (QED) is 0.0298. The van der Waals surface area contributed by atoms with E-state index in [0.717, 1.165) is 13.8 Å². The molecule has 0 aromatic heterocycles. The van der Waals surface area contributed by atoms with Crippen LogP contribution in [0.4, 0.5) is 4.79 Å². The number of aliphatic carboxylic acids is 2. The van der Waals surface area contributed by atoms with Gasteiger partial charge in [-0.2, -0.15) is 0 Å². The average Bonchev–Trinajstić information content (AvgIpc) is 1.34. The van der Waals surface area contributed by atoms with Crippen LogP contribution < -0.4 is 21.7 Å². The van der Waals surface area contributed by atoms with Crippen molar-refractivity contribution < 1.29 is 175 Å². The van der Waals surface area contributed by atoms with Crippen molar-refractivity contribution >= 4 is 55.6 Å². The molecule has 5 fully saturated rings. The number of hydrogen-bond donors (Lipinski definition) is 18. The van der Waals surface area contributed by atoms with Crippen molar-refractivity contribution in [3.8, 4) is 0 Å². The van der Waals surface area contributed by atoms with Gasteiger partial charge in [-0.1, -0.05) is 0 Å². The van der Waals surface area contributed by atoms with Gasteiger partial charge in [0, 0.05) is 26.7 Å². The van der Waals surface area contributed by atoms with Crippen LogP contribution in [0.5, 0.6) is 0 Å². The summed E-state index contributed by atoms with van der Waals surface area (Å²) in [5.74, 6) is -8.41. The zero-order chi connectivity index (χ0) is 64.9. The maximum absolute atomic E-state index is 13.5. The molecule has 4 amide bonds. The van der Waals surface area contributed by atoms with E-state index >= 15 is 0 Å². The number of carboxylic acids is 2. The second kappa shape index (κ2) is 29.6. The number of phosphoric acid groups is 1. The van der Waals surface area contributed by atoms with E-state index in [1.807, 2.05) is 0 Å². The molecule has 6 rings (SSSR count). The molecule has 40 nitrogen and oxygen atoms in total. The van der Waals surface area contributed by atoms with Crippen LogP contribution in [0.3, 0.4) is 0 Å². The van der Waals surface area contributed by atoms with Gasteiger partial charge in [-0.25, -0.2) is 18.9 Å². The number of amides is 4. The maximum Gasteiger partial charge on any atom is 0.474 e. The highest BCUT2D eigenvalue weighted by molar-refractivity contribution is 7.47. The Morgan fingerprint density at radius 1 is 0.747 bits per heavy atom. The average molecular weight is 1290 g/mol. The molecule has 41 heteroatoms. The van der Waals surface area contributed by atoms with E-state index < -0.39 is 246 Å². The van der Waals surface area contributed by atoms with E-state index in [-0.39, 0.29) is 19.1 Å². The van der Waals surface area contributed by atoms with Crippen molar-refractivity contribution in [1.82, 2.24) is 16.0 Å². The number of nitrogens with two attached hydrogens (primary N) is 1. The van der Waals surface area contributed by atoms with Gasteiger partial charge in [0.05, 0.1) is 25.9 Å². The van der Waals surface area contributed by atoms with Crippen LogP contribution in [0.15, 0.2) is 11.5 Å². The Hall–Kier alpha value is -5.19. The molecule has 0 spiro atoms. The van der Waals surface area contributed by atoms with Crippen LogP contribution in [-0.4, -0.2) is 305 Å². The minimum Gasteiger partial charge on any atom is -0.510 e. The van der Waals surface area contributed by atoms with Crippen molar-refractivity contribution in [2.75, 3.05) is 26.4 Å². The first kappa shape index (κ1) is 70.9. The lowest BCUT2D eigenvalue weighted by Crippen LogP contribution is -2.72. The van der Waals surface area contributed by atoms with Gasteiger partial charge in [-0.15, -0.1) is 0 Å². The second-order valence-electron chi connectivity index (χ2n) is 20.7. The van der Waals surface area contributed by atoms with Gasteiger partial charge < -0.3 is 150 Å². The van der Waals surface area contributed by atoms with Crippen LogP contribution in [0, 0.1) is 0 Å². The first-order valence-electron chi connectivity index (χ1n) is 26.2. The number of allylic oxidation sites excluding steroid dienone is 2. The minimum absolute atomic E-state index is 0.114. The minimum atomic E-state index is -5.87. The van der Waals surface area contributed by atoms with Crippen molar-refractivity contribution in [2.24, 2.45) is 5.73 Å². The molecule has 27 atom stereocenters. The van der Waals surface area contributed by atoms with Crippen LogP contribution >= 0.6 is 7.82 Å². The SMILES string of the molecule is CC(=O)N[C@H]1[C@H](O[C@H]2[C@H](O)[C@@H](NC(C)=O)[C@H](OC3[C@@H](OP(=O)(O)OC[C@H](OCC=O)C(=O)O)O[C@H](C(=O)O)[C@@](C)(O)[C@@H]3OC(N)=O)O[C@@H]2CO[C@@H]2O[C@H](CO)[C@@H](O)[C@H](O)[C@H]2O)O[C@H](C)[C@@H](O[C@@H]2O[C@H](C(=O)NC3=C(O)CCC3=O)[C@H](O)[C@H](O)[C@H]2O)[C@@H]1O. The summed E-state index contributed by atoms with van der Waals surface area (Å²) in [6.07, 6.45) is -52.0. The smallest absolute Gasteiger partial charge is 0.474 e. The Kier molecular flexibility index (Phi) is 24.1. The molecule has 5 saturated heterocycles. The number of rotatable bonds is 25. The summed E-state index contributed by atoms with van der Waals surface area (Å²) in [4.78, 5) is 110. The Labute approximate surface area is 489 Å². The number of aliphatic hydroxyl groups excluding tert-OH is 10. The third-order valence-electron chi connectivity index (χ3n) is 14.3. The van der Waals surface area contributed by atoms with Gasteiger partial charge in [0.2, 0.25) is 11.8 Å². The second-order valence-corrected chi connectivity index (χ2v) is 22.1. The fourth-order valence-electron chi connectivity index (χ4n) is 9.94. The molecule has 0 aromatic rings. The number of aldehydes is 1. The van der Waals surface area contributed by atoms with E-state index in [4.69, 9.17) is 66.9 Å². The summed E-state index contributed by atoms with van der Waals surface area (Å²) >= 11 is 0. The summed E-state index contributed by atoms with van der Waals surface area (Å²) in [5.41, 5.74) is 1.73. The van der Waals surface area contributed by atoms with Gasteiger partial charge in [-0.3, -0.25) is 28.2 Å². The molecule has 5 aliphatic heterocycles. The van der Waals surface area contributed by atoms with E-state index in [2.05, 4.69) is 16.0 Å². The third kappa shape index (κ3) is 16.6. The number of hydrogen-bond acceptors (Lipinski definition) is 33. The molecule has 0 radical (unpaired) electrons. The lowest BCUT2D eigenvalue weighted by Gasteiger charge is -2.51. The van der Waals surface area contributed by atoms with E-state index in [1.54, 1.807) is 0 Å². The number of ketones is 1. The molecule has 5 heterocycles. The van der Waals surface area contributed by atoms with Gasteiger partial charge in [0.25, 0.3) is 5.91 Å². The highest BCUT2D eigenvalue weighted by Gasteiger charge is 2.63. The predicted octanol–water partition coefficient (Wildman–Crippen LogP) is -9.96. The van der Waals surface area contributed by atoms with Gasteiger partial charge >= 0.3 is 25.9 Å². The molecule has 0 aromatic carbocycles. The molecule has 19 N–H and O–H groups in total. The maximum atomic E-state index is 13.5. The van der Waals surface area contributed by atoms with Crippen molar-refractivity contribution in [3.63, 3.8) is 0 Å². The number of ether oxygens (including phenoxy) is 11. The molecule has 494 valence electrons. The van der Waals surface area contributed by atoms with E-state index in [1.165, 1.54) is 6.92 Å². The Morgan fingerprint density at radius 2 is 1.31 bits per heavy atom. The number of phosphoric ester groups is 1. The standard InChI is InChI=1S/C46H69N4O36P/c1-12-31(80-43-30(64)27(61)28(62)33(82-43)37(65)50-20-15(55)5-6-16(20)56)24(58)21(48-13(2)53)40(77-12)81-32-18(10-75-42-29(63)26(60)23(57)17(9-52)78-42)79-41(22(25(32)59)49-14(3)54)83-34-35(85-45(47)70)46(4,71)36(39(68)69)84-44(34)86-87(72,73)76-11-19(38(66)67)74-8-7-51/h7,12,17-19,21-36,40-44,52,55,57-64,71H,5-6,8-11H2,1-4H3,(H2,47,70)(H,48,53)(H,49,54)(H,50,65)(H,66,67)(H,68,69)(H,72,73)/t12-,17-,18-,19+,21-,22-,23-,24-,25-,26+,27+,28-,29-,30-,31-,32-,33+,34?,35-,36-,40+,41+,42-,43-,44-,46+/m1/s1. The number of Topliss-reactive ketones (excluding diaryl/α,β-unsaturated/α-hetero) is 1. The Bertz CT molecular complexity index is 2560. The lowest BCUT2D eigenvalue weighted by molar-refractivity contribution is -0.375. The first-order valence-corrected chi connectivity index (χ1v) is 27.7. The Balaban J connectivity index is 1.36. The number of aliphatic hydroxyl groups is 11. The zero-order valence-corrected chi connectivity index (χ0v) is 46.9. The van der Waals surface area contributed by atoms with E-state index in [9.17, 15) is 114 Å². The fraction of sp³-hybridized carbons (Fsp3) is 0.783. The number of primary amides is 1. The molecule has 0 saturated carbocycles. The summed E-state index contributed by atoms with van der Waals surface area (Å²) in [6, 6.07) is -4.04. The summed E-state index contributed by atoms with van der Waals surface area (Å²) in [6.45, 7) is -0.666. The topological polar surface area (TPSA) is 619 Å². The summed E-state index contributed by atoms with van der Waals surface area (Å²) in [7, 11) is -5.87. The van der Waals surface area contributed by atoms with Gasteiger partial charge in [0.15, 0.2) is 67.8 Å². The highest BCUT2D eigenvalue weighted by atomic mass is 31.2. The fourth-order valence-corrected chi connectivity index (χ4v) is 10.8. The van der Waals surface area contributed by atoms with Crippen molar-refractivity contribution in [3.05, 3.63) is 11.5 Å². The number of carboxylic acid groups (broad SMARTS) is 2. The van der Waals surface area contributed by atoms with Crippen LogP contribution in [0.25, 0.3) is 0 Å². The monoisotopic (exact) mass is 1280 g/mol. The normalized spacial score (nSPS) is 40.9. The van der Waals surface area contributed by atoms with Gasteiger partial charge in [-0.05, 0) is 13.8 Å². The third-order valence-corrected chi connectivity index (χ3v) is 15.2. The molecule has 6 aliphatic rings. The first-order chi connectivity index (χ1) is 40.6. The highest BCUT2D eigenvalue weighted by Crippen LogP contribution is 2.49. The number of nitrogens with one attached hydrogen (secondary N) is 3. The summed E-state index contributed by atoms with van der Waals surface area (Å²) < 4.78 is 85.7. The Morgan fingerprint density at radius 3 is 1.86 bits per heavy atom. The molecular formula is C46H69N4O36P. The number of carbonyl (C=O) groups is 8. The molecule has 0 bridgehead atoms. The van der Waals surface area contributed by atoms with Crippen molar-refractivity contribution in [1.29, 1.82) is 0 Å². The predicted molar refractivity (Wildman–Crippen MR) is 265 cm³/mol. The summed E-state index contributed by atoms with van der Waals surface area (Å²) in [5, 5.41) is 147. The van der Waals surface area contributed by atoms with E-state index in [0.29, 0.717) is 6.92 Å². The largest absolute Gasteiger partial charge is 0.510 e. The number of carbonyl (C=O) groups excluding carboxylic acids is 6. The van der Waals surface area contributed by atoms with Gasteiger partial charge in [0.1, 0.15) is 115 Å². The van der Waals surface area contributed by atoms with Crippen LogP contribution in [0.2, 0.25) is 0 Å². The molecular weight excluding hydrogens is 1220 g/mol. The molecule has 2 unspecified atom stereocenters. The molecule has 1 aliphatic carbocycles. The van der Waals surface area contributed by atoms with Crippen LogP contribution in [0.1, 0.15) is 40.5 Å². The molecule has 87 heavy (non-hydrogen) atoms. The van der Waals surface area contributed by atoms with Crippen LogP contribution in [-0.2, 0) is 99.3 Å². The zero-order valence-electron chi connectivity index (χ0n) is 46.0.